The largest absolute Gasteiger partial charge is 0.391 e. The predicted molar refractivity (Wildman–Crippen MR) is 65.9 cm³/mol. The lowest BCUT2D eigenvalue weighted by Crippen LogP contribution is -2.09. The first-order valence-electron chi connectivity index (χ1n) is 4.34. The van der Waals surface area contributed by atoms with Gasteiger partial charge in [-0.05, 0) is 40.3 Å². The Morgan fingerprint density at radius 1 is 1.43 bits per heavy atom. The summed E-state index contributed by atoms with van der Waals surface area (Å²) in [6.45, 7) is 0. The molecule has 14 heavy (non-hydrogen) atoms. The van der Waals surface area contributed by atoms with Crippen molar-refractivity contribution in [3.8, 4) is 0 Å². The van der Waals surface area contributed by atoms with Crippen molar-refractivity contribution in [3.05, 3.63) is 33.4 Å². The summed E-state index contributed by atoms with van der Waals surface area (Å²) in [5, 5.41) is 4.02. The molecule has 1 unspecified atom stereocenters. The summed E-state index contributed by atoms with van der Waals surface area (Å²) in [5.74, 6) is 0.497. The zero-order valence-electron chi connectivity index (χ0n) is 7.41. The van der Waals surface area contributed by atoms with Gasteiger partial charge in [0.25, 0.3) is 0 Å². The molecule has 2 rings (SSSR count). The lowest BCUT2D eigenvalue weighted by Gasteiger charge is -2.01. The summed E-state index contributed by atoms with van der Waals surface area (Å²) in [4.78, 5) is 5.15. The smallest absolute Gasteiger partial charge is 0.146 e. The summed E-state index contributed by atoms with van der Waals surface area (Å²) in [5.41, 5.74) is 2.12. The van der Waals surface area contributed by atoms with E-state index in [4.69, 9.17) is 16.4 Å². The van der Waals surface area contributed by atoms with E-state index in [1.807, 2.05) is 0 Å². The van der Waals surface area contributed by atoms with Crippen LogP contribution < -0.4 is 0 Å². The fourth-order valence-corrected chi connectivity index (χ4v) is 1.85. The molecule has 0 aromatic heterocycles. The molecule has 0 aliphatic carbocycles. The number of oxime groups is 1. The van der Waals surface area contributed by atoms with Gasteiger partial charge < -0.3 is 4.84 Å². The summed E-state index contributed by atoms with van der Waals surface area (Å²) < 4.78 is 1.22. The van der Waals surface area contributed by atoms with E-state index >= 15 is 0 Å². The summed E-state index contributed by atoms with van der Waals surface area (Å²) in [6.07, 6.45) is 0.857. The van der Waals surface area contributed by atoms with Crippen molar-refractivity contribution in [2.75, 3.05) is 5.88 Å². The Morgan fingerprint density at radius 2 is 2.14 bits per heavy atom. The maximum Gasteiger partial charge on any atom is 0.146 e. The highest BCUT2D eigenvalue weighted by Crippen LogP contribution is 2.18. The third kappa shape index (κ3) is 2.20. The van der Waals surface area contributed by atoms with Crippen LogP contribution in [0, 0.1) is 3.57 Å². The van der Waals surface area contributed by atoms with Crippen molar-refractivity contribution in [1.82, 2.24) is 0 Å². The van der Waals surface area contributed by atoms with Crippen LogP contribution in [0.1, 0.15) is 12.0 Å². The van der Waals surface area contributed by atoms with Crippen LogP contribution in [-0.4, -0.2) is 17.7 Å². The first-order valence-corrected chi connectivity index (χ1v) is 5.95. The topological polar surface area (TPSA) is 21.6 Å². The minimum absolute atomic E-state index is 0.0472. The molecule has 1 aromatic carbocycles. The number of hydrogen-bond acceptors (Lipinski definition) is 2. The first kappa shape index (κ1) is 10.2. The number of alkyl halides is 1. The highest BCUT2D eigenvalue weighted by Gasteiger charge is 2.20. The van der Waals surface area contributed by atoms with Crippen LogP contribution in [0.15, 0.2) is 29.4 Å². The normalized spacial score (nSPS) is 20.4. The molecular formula is C10H9ClINO. The molecular weight excluding hydrogens is 312 g/mol. The molecule has 0 fully saturated rings. The molecule has 0 saturated carbocycles. The van der Waals surface area contributed by atoms with Gasteiger partial charge in [0.05, 0.1) is 11.6 Å². The van der Waals surface area contributed by atoms with Crippen molar-refractivity contribution >= 4 is 39.9 Å². The van der Waals surface area contributed by atoms with Crippen molar-refractivity contribution < 1.29 is 4.84 Å². The average Bonchev–Trinajstić information content (AvgIpc) is 2.67. The van der Waals surface area contributed by atoms with Crippen LogP contribution in [-0.2, 0) is 4.84 Å². The number of halogens is 2. The second-order valence-electron chi connectivity index (χ2n) is 3.13. The van der Waals surface area contributed by atoms with Gasteiger partial charge in [-0.15, -0.1) is 11.6 Å². The Hall–Kier alpha value is -0.290. The molecule has 0 spiro atoms. The van der Waals surface area contributed by atoms with Crippen LogP contribution in [0.25, 0.3) is 0 Å². The van der Waals surface area contributed by atoms with Crippen molar-refractivity contribution in [1.29, 1.82) is 0 Å². The van der Waals surface area contributed by atoms with Gasteiger partial charge in [-0.1, -0.05) is 17.3 Å². The van der Waals surface area contributed by atoms with Crippen LogP contribution in [0.3, 0.4) is 0 Å². The molecule has 1 heterocycles. The number of rotatable bonds is 2. The summed E-state index contributed by atoms with van der Waals surface area (Å²) in [7, 11) is 0. The maximum absolute atomic E-state index is 5.69. The Morgan fingerprint density at radius 3 is 2.71 bits per heavy atom. The zero-order chi connectivity index (χ0) is 9.97. The highest BCUT2D eigenvalue weighted by atomic mass is 127. The summed E-state index contributed by atoms with van der Waals surface area (Å²) in [6, 6.07) is 8.24. The molecule has 1 aromatic rings. The second kappa shape index (κ2) is 4.49. The van der Waals surface area contributed by atoms with Crippen LogP contribution in [0.4, 0.5) is 0 Å². The number of benzene rings is 1. The fraction of sp³-hybridized carbons (Fsp3) is 0.300. The molecule has 1 aliphatic rings. The van der Waals surface area contributed by atoms with Crippen molar-refractivity contribution in [2.45, 2.75) is 12.5 Å². The van der Waals surface area contributed by atoms with Crippen molar-refractivity contribution in [3.63, 3.8) is 0 Å². The zero-order valence-corrected chi connectivity index (χ0v) is 10.3. The Bertz CT molecular complexity index is 350. The third-order valence-corrected chi connectivity index (χ3v) is 3.15. The quantitative estimate of drug-likeness (QED) is 0.606. The Labute approximate surface area is 101 Å². The molecule has 0 saturated heterocycles. The van der Waals surface area contributed by atoms with Gasteiger partial charge >= 0.3 is 0 Å². The third-order valence-electron chi connectivity index (χ3n) is 2.08. The minimum atomic E-state index is 0.0472. The molecule has 4 heteroatoms. The highest BCUT2D eigenvalue weighted by molar-refractivity contribution is 14.1. The molecule has 0 amide bonds. The monoisotopic (exact) mass is 321 g/mol. The summed E-state index contributed by atoms with van der Waals surface area (Å²) >= 11 is 7.97. The van der Waals surface area contributed by atoms with Crippen LogP contribution in [0.2, 0.25) is 0 Å². The SMILES string of the molecule is ClCC1CC(c2ccc(I)cc2)=NO1. The number of nitrogens with zero attached hydrogens (tertiary/aromatic N) is 1. The molecule has 0 radical (unpaired) electrons. The molecule has 0 N–H and O–H groups in total. The van der Waals surface area contributed by atoms with Gasteiger partial charge in [-0.25, -0.2) is 0 Å². The molecule has 1 aliphatic heterocycles. The lowest BCUT2D eigenvalue weighted by molar-refractivity contribution is 0.102. The fourth-order valence-electron chi connectivity index (χ4n) is 1.32. The van der Waals surface area contributed by atoms with E-state index in [2.05, 4.69) is 52.0 Å². The van der Waals surface area contributed by atoms with E-state index in [1.54, 1.807) is 0 Å². The van der Waals surface area contributed by atoms with Gasteiger partial charge in [0, 0.05) is 9.99 Å². The van der Waals surface area contributed by atoms with Crippen molar-refractivity contribution in [2.24, 2.45) is 5.16 Å². The molecule has 1 atom stereocenters. The van der Waals surface area contributed by atoms with Gasteiger partial charge in [-0.3, -0.25) is 0 Å². The Kier molecular flexibility index (Phi) is 3.28. The molecule has 2 nitrogen and oxygen atoms in total. The van der Waals surface area contributed by atoms with Gasteiger partial charge in [0.15, 0.2) is 0 Å². The van der Waals surface area contributed by atoms with E-state index in [0.717, 1.165) is 17.7 Å². The van der Waals surface area contributed by atoms with E-state index in [1.165, 1.54) is 3.57 Å². The molecule has 74 valence electrons. The van der Waals surface area contributed by atoms with E-state index in [0.29, 0.717) is 5.88 Å². The van der Waals surface area contributed by atoms with E-state index in [-0.39, 0.29) is 6.10 Å². The van der Waals surface area contributed by atoms with Crippen LogP contribution in [0.5, 0.6) is 0 Å². The average molecular weight is 322 g/mol. The van der Waals surface area contributed by atoms with Crippen LogP contribution >= 0.6 is 34.2 Å². The van der Waals surface area contributed by atoms with E-state index in [9.17, 15) is 0 Å². The second-order valence-corrected chi connectivity index (χ2v) is 4.68. The predicted octanol–water partition coefficient (Wildman–Crippen LogP) is 3.02. The van der Waals surface area contributed by atoms with Gasteiger partial charge in [0.2, 0.25) is 0 Å². The van der Waals surface area contributed by atoms with Gasteiger partial charge in [-0.2, -0.15) is 0 Å². The standard InChI is InChI=1S/C10H9ClINO/c11-6-9-5-10(13-14-9)7-1-3-8(12)4-2-7/h1-4,9H,5-6H2. The van der Waals surface area contributed by atoms with Gasteiger partial charge in [0.1, 0.15) is 6.10 Å². The lowest BCUT2D eigenvalue weighted by atomic mass is 10.1. The first-order chi connectivity index (χ1) is 6.79. The maximum atomic E-state index is 5.69. The number of hydrogen-bond donors (Lipinski definition) is 0. The minimum Gasteiger partial charge on any atom is -0.391 e. The van der Waals surface area contributed by atoms with E-state index < -0.39 is 0 Å². The molecule has 0 bridgehead atoms. The Balaban J connectivity index is 2.13.